The normalized spacial score (nSPS) is 52.2. The van der Waals surface area contributed by atoms with E-state index in [4.69, 9.17) is 4.74 Å². The molecule has 0 aromatic heterocycles. The first kappa shape index (κ1) is 26.5. The number of fused-ring (bicyclic) bond motifs is 7. The summed E-state index contributed by atoms with van der Waals surface area (Å²) in [7, 11) is 0. The monoisotopic (exact) mass is 500 g/mol. The summed E-state index contributed by atoms with van der Waals surface area (Å²) >= 11 is 0. The van der Waals surface area contributed by atoms with Crippen LogP contribution in [0.3, 0.4) is 0 Å². The van der Waals surface area contributed by atoms with Crippen molar-refractivity contribution in [2.24, 2.45) is 62.6 Å². The third-order valence-electron chi connectivity index (χ3n) is 14.2. The molecular formula is C32H52O4. The number of carbonyl (C=O) groups is 2. The second-order valence-electron chi connectivity index (χ2n) is 15.6. The maximum absolute atomic E-state index is 12.1. The SMILES string of the molecule is CC(=O)O[C@H]1CC[C@@]2(C)[C@H](CC[C@]3(C)[C@H]2CC[C@@H]2[C@H]4[C@H]([C@H](C)C(=O)O)CC[C@]4(C)CC[C@]23C)C1(C)C. The molecule has 36 heavy (non-hydrogen) atoms. The molecule has 204 valence electrons. The Hall–Kier alpha value is -1.06. The molecule has 0 aromatic carbocycles. The fourth-order valence-electron chi connectivity index (χ4n) is 12.1. The van der Waals surface area contributed by atoms with E-state index >= 15 is 0 Å². The molecule has 5 saturated carbocycles. The van der Waals surface area contributed by atoms with Crippen LogP contribution in [-0.2, 0) is 14.3 Å². The van der Waals surface area contributed by atoms with Gasteiger partial charge in [0.15, 0.2) is 0 Å². The summed E-state index contributed by atoms with van der Waals surface area (Å²) < 4.78 is 5.89. The average Bonchev–Trinajstić information content (AvgIpc) is 3.13. The van der Waals surface area contributed by atoms with Crippen LogP contribution in [0.15, 0.2) is 0 Å². The van der Waals surface area contributed by atoms with Gasteiger partial charge < -0.3 is 9.84 Å². The molecule has 11 atom stereocenters. The molecule has 4 heteroatoms. The van der Waals surface area contributed by atoms with Crippen LogP contribution in [0.5, 0.6) is 0 Å². The van der Waals surface area contributed by atoms with E-state index in [1.165, 1.54) is 44.9 Å². The Bertz CT molecular complexity index is 925. The summed E-state index contributed by atoms with van der Waals surface area (Å²) in [6.45, 7) is 18.6. The molecule has 0 unspecified atom stereocenters. The minimum atomic E-state index is -0.601. The highest BCUT2D eigenvalue weighted by atomic mass is 16.5. The van der Waals surface area contributed by atoms with Gasteiger partial charge >= 0.3 is 11.9 Å². The minimum Gasteiger partial charge on any atom is -0.481 e. The molecule has 5 aliphatic carbocycles. The molecule has 0 heterocycles. The van der Waals surface area contributed by atoms with Crippen LogP contribution in [0, 0.1) is 62.6 Å². The van der Waals surface area contributed by atoms with Gasteiger partial charge in [-0.15, -0.1) is 0 Å². The summed E-state index contributed by atoms with van der Waals surface area (Å²) in [5.74, 6) is 1.77. The van der Waals surface area contributed by atoms with Gasteiger partial charge in [0, 0.05) is 12.3 Å². The van der Waals surface area contributed by atoms with Crippen LogP contribution in [0.1, 0.15) is 120 Å². The molecule has 0 aromatic rings. The third kappa shape index (κ3) is 3.36. The Morgan fingerprint density at radius 2 is 1.50 bits per heavy atom. The molecule has 0 saturated heterocycles. The maximum Gasteiger partial charge on any atom is 0.306 e. The zero-order valence-corrected chi connectivity index (χ0v) is 24.3. The number of carboxylic acids is 1. The maximum atomic E-state index is 12.1. The minimum absolute atomic E-state index is 0.00361. The lowest BCUT2D eigenvalue weighted by molar-refractivity contribution is -0.250. The van der Waals surface area contributed by atoms with Crippen LogP contribution < -0.4 is 0 Å². The summed E-state index contributed by atoms with van der Waals surface area (Å²) in [5.41, 5.74) is 1.13. The fraction of sp³-hybridized carbons (Fsp3) is 0.938. The second-order valence-corrected chi connectivity index (χ2v) is 15.6. The molecule has 0 aliphatic heterocycles. The molecule has 5 fully saturated rings. The first-order valence-corrected chi connectivity index (χ1v) is 15.0. The predicted molar refractivity (Wildman–Crippen MR) is 142 cm³/mol. The number of hydrogen-bond acceptors (Lipinski definition) is 3. The highest BCUT2D eigenvalue weighted by Crippen LogP contribution is 2.77. The third-order valence-corrected chi connectivity index (χ3v) is 14.2. The number of carbonyl (C=O) groups excluding carboxylic acids is 1. The summed E-state index contributed by atoms with van der Waals surface area (Å²) in [4.78, 5) is 24.0. The quantitative estimate of drug-likeness (QED) is 0.403. The van der Waals surface area contributed by atoms with Gasteiger partial charge in [-0.1, -0.05) is 48.5 Å². The van der Waals surface area contributed by atoms with Gasteiger partial charge in [0.25, 0.3) is 0 Å². The molecule has 0 spiro atoms. The van der Waals surface area contributed by atoms with E-state index in [0.29, 0.717) is 35.0 Å². The van der Waals surface area contributed by atoms with E-state index in [1.807, 2.05) is 6.92 Å². The Kier molecular flexibility index (Phi) is 6.06. The van der Waals surface area contributed by atoms with Crippen molar-refractivity contribution in [1.82, 2.24) is 0 Å². The van der Waals surface area contributed by atoms with Crippen molar-refractivity contribution in [2.45, 2.75) is 126 Å². The van der Waals surface area contributed by atoms with Crippen LogP contribution in [0.2, 0.25) is 0 Å². The van der Waals surface area contributed by atoms with Gasteiger partial charge in [-0.3, -0.25) is 9.59 Å². The molecule has 0 bridgehead atoms. The Labute approximate surface area is 219 Å². The number of carboxylic acid groups (broad SMARTS) is 1. The van der Waals surface area contributed by atoms with Gasteiger partial charge in [0.1, 0.15) is 6.10 Å². The first-order valence-electron chi connectivity index (χ1n) is 15.0. The fourth-order valence-corrected chi connectivity index (χ4v) is 12.1. The van der Waals surface area contributed by atoms with Crippen molar-refractivity contribution in [3.8, 4) is 0 Å². The van der Waals surface area contributed by atoms with E-state index in [1.54, 1.807) is 6.92 Å². The highest BCUT2D eigenvalue weighted by Gasteiger charge is 2.70. The molecule has 4 nitrogen and oxygen atoms in total. The smallest absolute Gasteiger partial charge is 0.306 e. The molecule has 0 radical (unpaired) electrons. The Balaban J connectivity index is 1.49. The number of rotatable bonds is 3. The highest BCUT2D eigenvalue weighted by molar-refractivity contribution is 5.70. The molecule has 5 rings (SSSR count). The number of ether oxygens (including phenoxy) is 1. The van der Waals surface area contributed by atoms with Gasteiger partial charge in [-0.05, 0) is 115 Å². The van der Waals surface area contributed by atoms with Crippen molar-refractivity contribution in [3.63, 3.8) is 0 Å². The van der Waals surface area contributed by atoms with Gasteiger partial charge in [-0.25, -0.2) is 0 Å². The number of aliphatic carboxylic acids is 1. The molecular weight excluding hydrogens is 448 g/mol. The number of hydrogen-bond donors (Lipinski definition) is 1. The van der Waals surface area contributed by atoms with E-state index in [2.05, 4.69) is 41.5 Å². The first-order chi connectivity index (χ1) is 16.6. The topological polar surface area (TPSA) is 63.6 Å². The lowest BCUT2D eigenvalue weighted by Crippen LogP contribution is -2.66. The molecule has 5 aliphatic rings. The zero-order chi connectivity index (χ0) is 26.5. The van der Waals surface area contributed by atoms with E-state index in [-0.39, 0.29) is 39.7 Å². The summed E-state index contributed by atoms with van der Waals surface area (Å²) in [6, 6.07) is 0. The van der Waals surface area contributed by atoms with Gasteiger partial charge in [-0.2, -0.15) is 0 Å². The van der Waals surface area contributed by atoms with Crippen LogP contribution in [-0.4, -0.2) is 23.1 Å². The summed E-state index contributed by atoms with van der Waals surface area (Å²) in [6.07, 6.45) is 12.0. The lowest BCUT2D eigenvalue weighted by atomic mass is 9.32. The predicted octanol–water partition coefficient (Wildman–Crippen LogP) is 7.74. The second kappa shape index (κ2) is 8.22. The van der Waals surface area contributed by atoms with Crippen molar-refractivity contribution < 1.29 is 19.4 Å². The van der Waals surface area contributed by atoms with Crippen LogP contribution >= 0.6 is 0 Å². The van der Waals surface area contributed by atoms with Crippen molar-refractivity contribution >= 4 is 11.9 Å². The molecule has 0 amide bonds. The van der Waals surface area contributed by atoms with Crippen molar-refractivity contribution in [1.29, 1.82) is 0 Å². The average molecular weight is 501 g/mol. The van der Waals surface area contributed by atoms with E-state index in [9.17, 15) is 14.7 Å². The Morgan fingerprint density at radius 1 is 0.806 bits per heavy atom. The van der Waals surface area contributed by atoms with Gasteiger partial charge in [0.2, 0.25) is 0 Å². The zero-order valence-electron chi connectivity index (χ0n) is 24.3. The summed E-state index contributed by atoms with van der Waals surface area (Å²) in [5, 5.41) is 9.97. The van der Waals surface area contributed by atoms with Crippen LogP contribution in [0.4, 0.5) is 0 Å². The number of esters is 1. The van der Waals surface area contributed by atoms with E-state index < -0.39 is 5.97 Å². The van der Waals surface area contributed by atoms with Crippen molar-refractivity contribution in [3.05, 3.63) is 0 Å². The van der Waals surface area contributed by atoms with E-state index in [0.717, 1.165) is 19.3 Å². The lowest BCUT2D eigenvalue weighted by Gasteiger charge is -2.73. The molecule has 1 N–H and O–H groups in total. The standard InChI is InChI=1S/C32H52O4/c1-19(27(34)35)21-11-14-29(5)17-18-31(7)22(26(21)29)9-10-24-30(6)15-13-25(36-20(2)33)28(3,4)23(30)12-16-32(24,31)8/h19,21-26H,9-18H2,1-8H3,(H,34,35)/t19-,21-,22+,23+,24-,25-,26+,29+,30-,31+,32+/m0/s1. The van der Waals surface area contributed by atoms with Gasteiger partial charge in [0.05, 0.1) is 5.92 Å². The Morgan fingerprint density at radius 3 is 2.14 bits per heavy atom. The van der Waals surface area contributed by atoms with Crippen molar-refractivity contribution in [2.75, 3.05) is 0 Å². The largest absolute Gasteiger partial charge is 0.481 e. The van der Waals surface area contributed by atoms with Crippen LogP contribution in [0.25, 0.3) is 0 Å².